The quantitative estimate of drug-likeness (QED) is 0.485. The van der Waals surface area contributed by atoms with Crippen LogP contribution in [0.2, 0.25) is 0 Å². The van der Waals surface area contributed by atoms with Crippen molar-refractivity contribution in [3.05, 3.63) is 24.3 Å². The molecule has 1 heterocycles. The van der Waals surface area contributed by atoms with Gasteiger partial charge in [0.1, 0.15) is 6.07 Å². The molecular formula is C7H5N3. The summed E-state index contributed by atoms with van der Waals surface area (Å²) in [6.45, 7) is 0. The van der Waals surface area contributed by atoms with Gasteiger partial charge < -0.3 is 0 Å². The summed E-state index contributed by atoms with van der Waals surface area (Å²) in [4.78, 5) is 0. The third-order valence-electron chi connectivity index (χ3n) is 0.909. The molecule has 0 bridgehead atoms. The third kappa shape index (κ3) is 1.67. The number of hydrogen-bond acceptors (Lipinski definition) is 3. The van der Waals surface area contributed by atoms with Gasteiger partial charge in [0, 0.05) is 6.21 Å². The molecule has 48 valence electrons. The molecule has 0 aliphatic carbocycles. The van der Waals surface area contributed by atoms with Gasteiger partial charge in [-0.15, -0.1) is 5.10 Å². The summed E-state index contributed by atoms with van der Waals surface area (Å²) in [5, 5.41) is 15.6. The van der Waals surface area contributed by atoms with Crippen molar-refractivity contribution >= 4 is 11.9 Å². The summed E-state index contributed by atoms with van der Waals surface area (Å²) in [7, 11) is 0. The van der Waals surface area contributed by atoms with E-state index < -0.39 is 0 Å². The van der Waals surface area contributed by atoms with Gasteiger partial charge in [-0.05, 0) is 12.2 Å². The highest BCUT2D eigenvalue weighted by molar-refractivity contribution is 6.07. The molecule has 0 aromatic carbocycles. The highest BCUT2D eigenvalue weighted by atomic mass is 15.2. The number of hydrogen-bond donors (Lipinski definition) is 0. The number of nitriles is 1. The number of rotatable bonds is 0. The Morgan fingerprint density at radius 3 is 3.00 bits per heavy atom. The molecule has 0 N–H and O–H groups in total. The standard InChI is InChI=1S/C7H5N3/c8-6-7-4-2-1-3-5-9-10-7/h1-5H/b2-1?,3-1-,4-2?,5-3?,7-4?,9-5-,10-7?,10-9?. The summed E-state index contributed by atoms with van der Waals surface area (Å²) in [5.41, 5.74) is 0.320. The van der Waals surface area contributed by atoms with Crippen molar-refractivity contribution in [2.45, 2.75) is 0 Å². The van der Waals surface area contributed by atoms with Crippen molar-refractivity contribution in [1.29, 1.82) is 5.26 Å². The van der Waals surface area contributed by atoms with E-state index in [4.69, 9.17) is 5.26 Å². The Balaban J connectivity index is 2.86. The molecule has 0 aromatic rings. The smallest absolute Gasteiger partial charge is 0.163 e. The highest BCUT2D eigenvalue weighted by Crippen LogP contribution is 1.86. The van der Waals surface area contributed by atoms with Crippen LogP contribution in [0, 0.1) is 11.3 Å². The van der Waals surface area contributed by atoms with Gasteiger partial charge in [-0.3, -0.25) is 0 Å². The average Bonchev–Trinajstić information content (AvgIpc) is 1.87. The topological polar surface area (TPSA) is 48.5 Å². The van der Waals surface area contributed by atoms with Gasteiger partial charge in [-0.25, -0.2) is 0 Å². The largest absolute Gasteiger partial charge is 0.191 e. The zero-order valence-electron chi connectivity index (χ0n) is 5.23. The molecule has 0 saturated carbocycles. The first-order valence-electron chi connectivity index (χ1n) is 2.78. The van der Waals surface area contributed by atoms with Crippen molar-refractivity contribution in [1.82, 2.24) is 0 Å². The van der Waals surface area contributed by atoms with Crippen LogP contribution in [-0.2, 0) is 0 Å². The molecule has 0 spiro atoms. The maximum Gasteiger partial charge on any atom is 0.163 e. The lowest BCUT2D eigenvalue weighted by molar-refractivity contribution is 1.26. The van der Waals surface area contributed by atoms with Crippen LogP contribution in [-0.4, -0.2) is 11.9 Å². The van der Waals surface area contributed by atoms with E-state index in [1.807, 2.05) is 6.07 Å². The summed E-state index contributed by atoms with van der Waals surface area (Å²) in [6, 6.07) is 1.89. The van der Waals surface area contributed by atoms with Crippen LogP contribution in [0.3, 0.4) is 0 Å². The first kappa shape index (κ1) is 6.43. The predicted octanol–water partition coefficient (Wildman–Crippen LogP) is 1.06. The Morgan fingerprint density at radius 2 is 2.20 bits per heavy atom. The van der Waals surface area contributed by atoms with E-state index in [0.29, 0.717) is 5.71 Å². The van der Waals surface area contributed by atoms with Gasteiger partial charge in [0.05, 0.1) is 0 Å². The Labute approximate surface area is 58.7 Å². The van der Waals surface area contributed by atoms with Crippen LogP contribution >= 0.6 is 0 Å². The molecule has 0 unspecified atom stereocenters. The Bertz CT molecular complexity index is 263. The lowest BCUT2D eigenvalue weighted by Gasteiger charge is -1.83. The van der Waals surface area contributed by atoms with Gasteiger partial charge in [-0.1, -0.05) is 12.2 Å². The second kappa shape index (κ2) is 3.36. The van der Waals surface area contributed by atoms with Crippen LogP contribution in [0.15, 0.2) is 34.5 Å². The summed E-state index contributed by atoms with van der Waals surface area (Å²) in [5.74, 6) is 0. The highest BCUT2D eigenvalue weighted by Gasteiger charge is 1.87. The molecule has 0 atom stereocenters. The fourth-order valence-electron chi connectivity index (χ4n) is 0.488. The van der Waals surface area contributed by atoms with Crippen molar-refractivity contribution < 1.29 is 0 Å². The molecule has 0 fully saturated rings. The first-order chi connectivity index (χ1) is 4.93. The SMILES string of the molecule is N#CC1=N/N=C\C=C/C=C1. The monoisotopic (exact) mass is 131 g/mol. The second-order valence-electron chi connectivity index (χ2n) is 1.61. The van der Waals surface area contributed by atoms with E-state index in [0.717, 1.165) is 0 Å². The molecule has 0 aromatic heterocycles. The van der Waals surface area contributed by atoms with Crippen molar-refractivity contribution in [3.8, 4) is 6.07 Å². The lowest BCUT2D eigenvalue weighted by Crippen LogP contribution is -1.86. The third-order valence-corrected chi connectivity index (χ3v) is 0.909. The van der Waals surface area contributed by atoms with E-state index in [1.54, 1.807) is 24.3 Å². The van der Waals surface area contributed by atoms with Crippen LogP contribution in [0.1, 0.15) is 0 Å². The Hall–Kier alpha value is -1.69. The van der Waals surface area contributed by atoms with Crippen LogP contribution in [0.5, 0.6) is 0 Å². The predicted molar refractivity (Wildman–Crippen MR) is 39.8 cm³/mol. The van der Waals surface area contributed by atoms with Gasteiger partial charge in [0.25, 0.3) is 0 Å². The fraction of sp³-hybridized carbons (Fsp3) is 0. The minimum Gasteiger partial charge on any atom is -0.191 e. The normalized spacial score (nSPS) is 21.7. The minimum atomic E-state index is 0.320. The zero-order chi connectivity index (χ0) is 7.23. The molecule has 3 nitrogen and oxygen atoms in total. The Kier molecular flexibility index (Phi) is 2.16. The maximum absolute atomic E-state index is 8.38. The molecule has 1 aliphatic rings. The summed E-state index contributed by atoms with van der Waals surface area (Å²) < 4.78 is 0. The van der Waals surface area contributed by atoms with Crippen molar-refractivity contribution in [2.75, 3.05) is 0 Å². The summed E-state index contributed by atoms with van der Waals surface area (Å²) >= 11 is 0. The molecule has 0 saturated heterocycles. The van der Waals surface area contributed by atoms with Crippen LogP contribution in [0.25, 0.3) is 0 Å². The second-order valence-corrected chi connectivity index (χ2v) is 1.61. The first-order valence-corrected chi connectivity index (χ1v) is 2.78. The minimum absolute atomic E-state index is 0.320. The van der Waals surface area contributed by atoms with E-state index in [9.17, 15) is 0 Å². The number of allylic oxidation sites excluding steroid dienone is 4. The van der Waals surface area contributed by atoms with Gasteiger partial charge >= 0.3 is 0 Å². The van der Waals surface area contributed by atoms with Gasteiger partial charge in [0.15, 0.2) is 5.71 Å². The van der Waals surface area contributed by atoms with E-state index in [1.165, 1.54) is 6.21 Å². The van der Waals surface area contributed by atoms with Crippen LogP contribution in [0.4, 0.5) is 0 Å². The molecule has 10 heavy (non-hydrogen) atoms. The maximum atomic E-state index is 8.38. The Morgan fingerprint density at radius 1 is 1.30 bits per heavy atom. The van der Waals surface area contributed by atoms with E-state index >= 15 is 0 Å². The fourth-order valence-corrected chi connectivity index (χ4v) is 0.488. The molecular weight excluding hydrogens is 126 g/mol. The molecule has 0 amide bonds. The molecule has 3 heteroatoms. The molecule has 1 aliphatic heterocycles. The van der Waals surface area contributed by atoms with Gasteiger partial charge in [0.2, 0.25) is 0 Å². The average molecular weight is 131 g/mol. The molecule has 1 rings (SSSR count). The van der Waals surface area contributed by atoms with Crippen LogP contribution < -0.4 is 0 Å². The zero-order valence-corrected chi connectivity index (χ0v) is 5.23. The summed E-state index contributed by atoms with van der Waals surface area (Å²) in [6.07, 6.45) is 8.41. The van der Waals surface area contributed by atoms with Crippen molar-refractivity contribution in [3.63, 3.8) is 0 Å². The van der Waals surface area contributed by atoms with Gasteiger partial charge in [-0.2, -0.15) is 10.4 Å². The lowest BCUT2D eigenvalue weighted by atomic mass is 10.3. The van der Waals surface area contributed by atoms with Crippen molar-refractivity contribution in [2.24, 2.45) is 10.2 Å². The number of nitrogens with zero attached hydrogens (tertiary/aromatic N) is 3. The van der Waals surface area contributed by atoms with E-state index in [2.05, 4.69) is 10.2 Å². The molecule has 0 radical (unpaired) electrons. The van der Waals surface area contributed by atoms with E-state index in [-0.39, 0.29) is 0 Å².